The van der Waals surface area contributed by atoms with Gasteiger partial charge in [-0.05, 0) is 30.2 Å². The number of nitrogens with one attached hydrogen (secondary N) is 1. The minimum Gasteiger partial charge on any atom is -0.345 e. The predicted molar refractivity (Wildman–Crippen MR) is 75.1 cm³/mol. The van der Waals surface area contributed by atoms with Gasteiger partial charge in [0.25, 0.3) is 0 Å². The molecule has 1 aromatic heterocycles. The first-order valence-corrected chi connectivity index (χ1v) is 6.24. The lowest BCUT2D eigenvalue weighted by molar-refractivity contribution is -0.116. The largest absolute Gasteiger partial charge is 0.345 e. The van der Waals surface area contributed by atoms with Gasteiger partial charge in [-0.25, -0.2) is 9.37 Å². The normalized spacial score (nSPS) is 11.4. The van der Waals surface area contributed by atoms with E-state index < -0.39 is 0 Å². The number of rotatable bonds is 4. The van der Waals surface area contributed by atoms with Crippen LogP contribution in [0.5, 0.6) is 0 Å². The number of carbonyl (C=O) groups is 1. The average molecular weight is 273 g/mol. The standard InChI is InChI=1S/C15H16FN3O/c1-11(12-4-3-5-13(16)9-12)8-15(20)18-10-14-17-6-7-19(14)2/h3-9H,10H2,1-2H3,(H,18,20)/b11-8+. The maximum atomic E-state index is 13.1. The van der Waals surface area contributed by atoms with E-state index in [1.165, 1.54) is 18.2 Å². The molecule has 0 unspecified atom stereocenters. The molecule has 1 aromatic carbocycles. The fourth-order valence-electron chi connectivity index (χ4n) is 1.80. The van der Waals surface area contributed by atoms with Crippen molar-refractivity contribution in [1.82, 2.24) is 14.9 Å². The number of aromatic nitrogens is 2. The van der Waals surface area contributed by atoms with Gasteiger partial charge in [0, 0.05) is 25.5 Å². The molecule has 2 rings (SSSR count). The summed E-state index contributed by atoms with van der Waals surface area (Å²) >= 11 is 0. The molecular formula is C15H16FN3O. The number of hydrogen-bond acceptors (Lipinski definition) is 2. The molecule has 2 aromatic rings. The second-order valence-electron chi connectivity index (χ2n) is 4.51. The average Bonchev–Trinajstić information content (AvgIpc) is 2.82. The van der Waals surface area contributed by atoms with Gasteiger partial charge in [0.1, 0.15) is 11.6 Å². The van der Waals surface area contributed by atoms with Crippen molar-refractivity contribution < 1.29 is 9.18 Å². The van der Waals surface area contributed by atoms with Crippen molar-refractivity contribution >= 4 is 11.5 Å². The van der Waals surface area contributed by atoms with E-state index in [4.69, 9.17) is 0 Å². The molecule has 4 nitrogen and oxygen atoms in total. The molecule has 5 heteroatoms. The molecule has 0 fully saturated rings. The maximum Gasteiger partial charge on any atom is 0.244 e. The van der Waals surface area contributed by atoms with E-state index in [2.05, 4.69) is 10.3 Å². The minimum absolute atomic E-state index is 0.227. The maximum absolute atomic E-state index is 13.1. The first kappa shape index (κ1) is 14.0. The van der Waals surface area contributed by atoms with E-state index in [9.17, 15) is 9.18 Å². The highest BCUT2D eigenvalue weighted by Gasteiger charge is 2.04. The lowest BCUT2D eigenvalue weighted by atomic mass is 10.1. The number of hydrogen-bond donors (Lipinski definition) is 1. The second-order valence-corrected chi connectivity index (χ2v) is 4.51. The van der Waals surface area contributed by atoms with Crippen molar-refractivity contribution in [2.75, 3.05) is 0 Å². The lowest BCUT2D eigenvalue weighted by Crippen LogP contribution is -2.22. The molecule has 0 radical (unpaired) electrons. The summed E-state index contributed by atoms with van der Waals surface area (Å²) in [6.45, 7) is 2.13. The highest BCUT2D eigenvalue weighted by Crippen LogP contribution is 2.14. The molecule has 0 spiro atoms. The molecule has 0 bridgehead atoms. The number of nitrogens with zero attached hydrogens (tertiary/aromatic N) is 2. The highest BCUT2D eigenvalue weighted by atomic mass is 19.1. The number of halogens is 1. The Bertz CT molecular complexity index is 646. The number of amides is 1. The molecule has 1 N–H and O–H groups in total. The van der Waals surface area contributed by atoms with Crippen LogP contribution in [0.1, 0.15) is 18.3 Å². The number of benzene rings is 1. The molecule has 20 heavy (non-hydrogen) atoms. The van der Waals surface area contributed by atoms with Crippen LogP contribution in [0.4, 0.5) is 4.39 Å². The van der Waals surface area contributed by atoms with Gasteiger partial charge >= 0.3 is 0 Å². The van der Waals surface area contributed by atoms with Gasteiger partial charge in [-0.2, -0.15) is 0 Å². The van der Waals surface area contributed by atoms with Gasteiger partial charge in [-0.15, -0.1) is 0 Å². The molecule has 1 heterocycles. The number of carbonyl (C=O) groups excluding carboxylic acids is 1. The van der Waals surface area contributed by atoms with Crippen LogP contribution in [0.15, 0.2) is 42.7 Å². The van der Waals surface area contributed by atoms with E-state index in [1.807, 2.05) is 17.8 Å². The van der Waals surface area contributed by atoms with Crippen LogP contribution >= 0.6 is 0 Å². The Labute approximate surface area is 117 Å². The van der Waals surface area contributed by atoms with Crippen molar-refractivity contribution in [2.24, 2.45) is 7.05 Å². The van der Waals surface area contributed by atoms with Crippen molar-refractivity contribution in [3.05, 3.63) is 59.9 Å². The van der Waals surface area contributed by atoms with Gasteiger partial charge in [0.15, 0.2) is 0 Å². The molecular weight excluding hydrogens is 257 g/mol. The van der Waals surface area contributed by atoms with Crippen LogP contribution in [0.2, 0.25) is 0 Å². The van der Waals surface area contributed by atoms with Gasteiger partial charge in [0.05, 0.1) is 6.54 Å². The van der Waals surface area contributed by atoms with Gasteiger partial charge in [-0.1, -0.05) is 12.1 Å². The Hall–Kier alpha value is -2.43. The van der Waals surface area contributed by atoms with E-state index in [0.717, 1.165) is 5.82 Å². The van der Waals surface area contributed by atoms with E-state index >= 15 is 0 Å². The van der Waals surface area contributed by atoms with Gasteiger partial charge in [-0.3, -0.25) is 4.79 Å². The van der Waals surface area contributed by atoms with Crippen LogP contribution < -0.4 is 5.32 Å². The van der Waals surface area contributed by atoms with Crippen molar-refractivity contribution in [2.45, 2.75) is 13.5 Å². The van der Waals surface area contributed by atoms with E-state index in [0.29, 0.717) is 17.7 Å². The van der Waals surface area contributed by atoms with Crippen LogP contribution in [0.3, 0.4) is 0 Å². The topological polar surface area (TPSA) is 46.9 Å². The van der Waals surface area contributed by atoms with Crippen molar-refractivity contribution in [3.63, 3.8) is 0 Å². The Balaban J connectivity index is 1.99. The zero-order valence-electron chi connectivity index (χ0n) is 11.4. The van der Waals surface area contributed by atoms with Crippen LogP contribution in [-0.2, 0) is 18.4 Å². The Morgan fingerprint density at radius 2 is 2.30 bits per heavy atom. The zero-order valence-corrected chi connectivity index (χ0v) is 11.4. The summed E-state index contributed by atoms with van der Waals surface area (Å²) in [4.78, 5) is 15.9. The van der Waals surface area contributed by atoms with E-state index in [-0.39, 0.29) is 11.7 Å². The molecule has 0 aliphatic carbocycles. The molecule has 1 amide bonds. The quantitative estimate of drug-likeness (QED) is 0.869. The lowest BCUT2D eigenvalue weighted by Gasteiger charge is -2.04. The minimum atomic E-state index is -0.316. The summed E-state index contributed by atoms with van der Waals surface area (Å²) in [5, 5.41) is 2.75. The molecule has 104 valence electrons. The Morgan fingerprint density at radius 1 is 1.50 bits per heavy atom. The summed E-state index contributed by atoms with van der Waals surface area (Å²) in [5.74, 6) is 0.230. The summed E-state index contributed by atoms with van der Waals surface area (Å²) in [6, 6.07) is 6.16. The third-order valence-corrected chi connectivity index (χ3v) is 2.97. The van der Waals surface area contributed by atoms with E-state index in [1.54, 1.807) is 25.3 Å². The molecule has 0 atom stereocenters. The van der Waals surface area contributed by atoms with Crippen LogP contribution in [-0.4, -0.2) is 15.5 Å². The van der Waals surface area contributed by atoms with Crippen LogP contribution in [0, 0.1) is 5.82 Å². The third kappa shape index (κ3) is 3.54. The Morgan fingerprint density at radius 3 is 2.95 bits per heavy atom. The van der Waals surface area contributed by atoms with Gasteiger partial charge < -0.3 is 9.88 Å². The number of aryl methyl sites for hydroxylation is 1. The van der Waals surface area contributed by atoms with Crippen LogP contribution in [0.25, 0.3) is 5.57 Å². The predicted octanol–water partition coefficient (Wildman–Crippen LogP) is 2.28. The highest BCUT2D eigenvalue weighted by molar-refractivity contribution is 5.94. The Kier molecular flexibility index (Phi) is 4.30. The van der Waals surface area contributed by atoms with Crippen molar-refractivity contribution in [3.8, 4) is 0 Å². The first-order valence-electron chi connectivity index (χ1n) is 6.24. The SMILES string of the molecule is C/C(=C\C(=O)NCc1nccn1C)c1cccc(F)c1. The summed E-state index contributed by atoms with van der Waals surface area (Å²) in [6.07, 6.45) is 4.95. The monoisotopic (exact) mass is 273 g/mol. The fourth-order valence-corrected chi connectivity index (χ4v) is 1.80. The van der Waals surface area contributed by atoms with Crippen molar-refractivity contribution in [1.29, 1.82) is 0 Å². The molecule has 0 aliphatic rings. The summed E-state index contributed by atoms with van der Waals surface area (Å²) in [7, 11) is 1.86. The number of imidazole rings is 1. The summed E-state index contributed by atoms with van der Waals surface area (Å²) < 4.78 is 14.9. The first-order chi connectivity index (χ1) is 9.56. The van der Waals surface area contributed by atoms with Gasteiger partial charge in [0.2, 0.25) is 5.91 Å². The third-order valence-electron chi connectivity index (χ3n) is 2.97. The zero-order chi connectivity index (χ0) is 14.5. The second kappa shape index (κ2) is 6.14. The fraction of sp³-hybridized carbons (Fsp3) is 0.200. The molecule has 0 aliphatic heterocycles. The smallest absolute Gasteiger partial charge is 0.244 e. The number of allylic oxidation sites excluding steroid dienone is 1. The molecule has 0 saturated heterocycles. The summed E-state index contributed by atoms with van der Waals surface area (Å²) in [5.41, 5.74) is 1.40. The molecule has 0 saturated carbocycles.